The number of nitrogens with zero attached hydrogens (tertiary/aromatic N) is 6. The third-order valence-corrected chi connectivity index (χ3v) is 9.77. The van der Waals surface area contributed by atoms with E-state index in [1.807, 2.05) is 4.90 Å². The van der Waals surface area contributed by atoms with E-state index in [1.165, 1.54) is 23.1 Å². The van der Waals surface area contributed by atoms with Gasteiger partial charge >= 0.3 is 0 Å². The Bertz CT molecular complexity index is 1770. The lowest BCUT2D eigenvalue weighted by atomic mass is 9.87. The van der Waals surface area contributed by atoms with Crippen molar-refractivity contribution >= 4 is 27.2 Å². The first kappa shape index (κ1) is 25.1. The predicted octanol–water partition coefficient (Wildman–Crippen LogP) is 2.14. The minimum absolute atomic E-state index is 0.0442. The van der Waals surface area contributed by atoms with Crippen LogP contribution in [0.5, 0.6) is 0 Å². The van der Waals surface area contributed by atoms with E-state index in [2.05, 4.69) is 20.3 Å². The number of aromatic amines is 1. The van der Waals surface area contributed by atoms with Crippen LogP contribution in [-0.4, -0.2) is 67.3 Å². The zero-order valence-electron chi connectivity index (χ0n) is 21.7. The van der Waals surface area contributed by atoms with E-state index in [0.29, 0.717) is 40.9 Å². The number of aromatic nitrogens is 6. The molecule has 14 heteroatoms. The highest BCUT2D eigenvalue weighted by Gasteiger charge is 2.46. The molecule has 1 amide bonds. The second-order valence-corrected chi connectivity index (χ2v) is 13.2. The Morgan fingerprint density at radius 1 is 1.20 bits per heavy atom. The lowest BCUT2D eigenvalue weighted by Gasteiger charge is -2.38. The highest BCUT2D eigenvalue weighted by molar-refractivity contribution is 7.91. The number of rotatable bonds is 5. The molecule has 5 heterocycles. The maximum absolute atomic E-state index is 15.1. The van der Waals surface area contributed by atoms with Crippen LogP contribution in [0.4, 0.5) is 10.2 Å². The number of benzene rings is 1. The smallest absolute Gasteiger partial charge is 0.291 e. The molecule has 0 spiro atoms. The first-order valence-electron chi connectivity index (χ1n) is 13.2. The summed E-state index contributed by atoms with van der Waals surface area (Å²) in [4.78, 5) is 23.7. The fourth-order valence-electron chi connectivity index (χ4n) is 6.53. The summed E-state index contributed by atoms with van der Waals surface area (Å²) in [6.45, 7) is 0. The van der Waals surface area contributed by atoms with Gasteiger partial charge in [0, 0.05) is 40.9 Å². The number of fused-ring (bicyclic) bond motifs is 3. The fraction of sp³-hybridized carbons (Fsp3) is 0.423. The van der Waals surface area contributed by atoms with E-state index in [0.717, 1.165) is 31.9 Å². The van der Waals surface area contributed by atoms with Crippen molar-refractivity contribution in [3.05, 3.63) is 53.6 Å². The van der Waals surface area contributed by atoms with Crippen LogP contribution in [0.3, 0.4) is 0 Å². The number of amides is 1. The van der Waals surface area contributed by atoms with Gasteiger partial charge in [-0.15, -0.1) is 0 Å². The van der Waals surface area contributed by atoms with Crippen molar-refractivity contribution in [3.63, 3.8) is 0 Å². The number of carbonyl (C=O) groups excluding carboxylic acids is 1. The molecule has 12 nitrogen and oxygen atoms in total. The summed E-state index contributed by atoms with van der Waals surface area (Å²) in [5, 5.41) is 10.7. The molecule has 2 bridgehead atoms. The molecule has 1 aliphatic carbocycles. The number of sulfone groups is 1. The summed E-state index contributed by atoms with van der Waals surface area (Å²) in [6.07, 6.45) is 8.01. The molecule has 1 aromatic carbocycles. The summed E-state index contributed by atoms with van der Waals surface area (Å²) in [5.74, 6) is -0.748. The van der Waals surface area contributed by atoms with Gasteiger partial charge in [0.05, 0.1) is 11.9 Å². The lowest BCUT2D eigenvalue weighted by molar-refractivity contribution is 0.0556. The second-order valence-electron chi connectivity index (χ2n) is 11.2. The molecule has 2 saturated heterocycles. The fourth-order valence-corrected chi connectivity index (χ4v) is 7.59. The summed E-state index contributed by atoms with van der Waals surface area (Å²) in [5.41, 5.74) is 14.3. The molecule has 2 unspecified atom stereocenters. The highest BCUT2D eigenvalue weighted by atomic mass is 32.2. The summed E-state index contributed by atoms with van der Waals surface area (Å²) >= 11 is 0. The van der Waals surface area contributed by atoms with E-state index >= 15 is 4.39 Å². The van der Waals surface area contributed by atoms with Crippen LogP contribution in [0.1, 0.15) is 66.3 Å². The molecule has 2 aliphatic heterocycles. The van der Waals surface area contributed by atoms with Crippen molar-refractivity contribution in [3.8, 4) is 11.1 Å². The quantitative estimate of drug-likeness (QED) is 0.327. The largest absolute Gasteiger partial charge is 0.382 e. The number of nitrogens with two attached hydrogens (primary N) is 2. The van der Waals surface area contributed by atoms with Gasteiger partial charge in [-0.1, -0.05) is 12.1 Å². The lowest BCUT2D eigenvalue weighted by Crippen LogP contribution is -2.46. The van der Waals surface area contributed by atoms with Gasteiger partial charge in [0.2, 0.25) is 5.82 Å². The number of hydrogen-bond acceptors (Lipinski definition) is 9. The van der Waals surface area contributed by atoms with E-state index < -0.39 is 21.2 Å². The average Bonchev–Trinajstić information content (AvgIpc) is 3.27. The van der Waals surface area contributed by atoms with Gasteiger partial charge in [-0.25, -0.2) is 22.8 Å². The maximum Gasteiger partial charge on any atom is 0.291 e. The number of anilines is 1. The Balaban J connectivity index is 1.31. The third kappa shape index (κ3) is 3.80. The normalized spacial score (nSPS) is 23.6. The van der Waals surface area contributed by atoms with E-state index in [-0.39, 0.29) is 40.4 Å². The van der Waals surface area contributed by atoms with E-state index in [4.69, 9.17) is 16.5 Å². The monoisotopic (exact) mass is 565 g/mol. The van der Waals surface area contributed by atoms with Crippen LogP contribution >= 0.6 is 0 Å². The molecular weight excluding hydrogens is 537 g/mol. The molecule has 5 N–H and O–H groups in total. The Morgan fingerprint density at radius 3 is 2.52 bits per heavy atom. The minimum Gasteiger partial charge on any atom is -0.382 e. The summed E-state index contributed by atoms with van der Waals surface area (Å²) < 4.78 is 42.4. The van der Waals surface area contributed by atoms with Gasteiger partial charge in [0.25, 0.3) is 5.91 Å². The standard InChI is InChI=1S/C26H28FN9O3S/c1-40(38,39)21-20(14-8-15-3-4-16(9-14)35(15)25(37)23-30-12-31-34-23)33-24-17(11-32-36(24)22(21)28)13-2-5-18(19(27)10-13)26(29)6-7-26/h2,5,10-12,14-16H,3-4,6-9,28-29H2,1H3,(H,30,31,34). The number of piperidine rings is 1. The Morgan fingerprint density at radius 2 is 1.93 bits per heavy atom. The highest BCUT2D eigenvalue weighted by Crippen LogP contribution is 2.46. The van der Waals surface area contributed by atoms with Gasteiger partial charge in [-0.3, -0.25) is 9.89 Å². The molecule has 208 valence electrons. The molecule has 3 fully saturated rings. The van der Waals surface area contributed by atoms with Gasteiger partial charge < -0.3 is 16.4 Å². The second kappa shape index (κ2) is 8.54. The maximum atomic E-state index is 15.1. The molecule has 3 aromatic heterocycles. The van der Waals surface area contributed by atoms with Crippen molar-refractivity contribution in [1.82, 2.24) is 34.7 Å². The van der Waals surface area contributed by atoms with Gasteiger partial charge in [0.1, 0.15) is 22.9 Å². The van der Waals surface area contributed by atoms with Crippen molar-refractivity contribution < 1.29 is 17.6 Å². The third-order valence-electron chi connectivity index (χ3n) is 8.61. The summed E-state index contributed by atoms with van der Waals surface area (Å²) in [7, 11) is -3.79. The van der Waals surface area contributed by atoms with Crippen LogP contribution in [0, 0.1) is 5.82 Å². The van der Waals surface area contributed by atoms with E-state index in [1.54, 1.807) is 12.1 Å². The predicted molar refractivity (Wildman–Crippen MR) is 142 cm³/mol. The molecule has 40 heavy (non-hydrogen) atoms. The van der Waals surface area contributed by atoms with Crippen molar-refractivity contribution in [2.24, 2.45) is 5.73 Å². The van der Waals surface area contributed by atoms with Crippen molar-refractivity contribution in [2.45, 2.75) is 67.0 Å². The number of carbonyl (C=O) groups is 1. The Hall–Kier alpha value is -3.91. The van der Waals surface area contributed by atoms with Gasteiger partial charge in [0.15, 0.2) is 15.5 Å². The molecule has 0 radical (unpaired) electrons. The average molecular weight is 566 g/mol. The summed E-state index contributed by atoms with van der Waals surface area (Å²) in [6, 6.07) is 4.66. The number of nitrogen functional groups attached to an aromatic ring is 1. The number of H-pyrrole nitrogens is 1. The molecule has 7 rings (SSSR count). The number of halogens is 1. The molecule has 3 aliphatic rings. The molecule has 1 saturated carbocycles. The topological polar surface area (TPSA) is 178 Å². The van der Waals surface area contributed by atoms with Crippen LogP contribution in [0.25, 0.3) is 16.8 Å². The Labute approximate surface area is 228 Å². The zero-order valence-corrected chi connectivity index (χ0v) is 22.5. The molecular formula is C26H28FN9O3S. The minimum atomic E-state index is -3.79. The first-order valence-corrected chi connectivity index (χ1v) is 15.1. The Kier molecular flexibility index (Phi) is 5.36. The molecule has 4 aromatic rings. The van der Waals surface area contributed by atoms with Crippen LogP contribution in [0.2, 0.25) is 0 Å². The SMILES string of the molecule is CS(=O)(=O)c1c(C2CC3CCC(C2)N3C(=O)c2ncn[nH]2)nc2c(-c3ccc(C4(N)CC4)c(F)c3)cnn2c1N. The van der Waals surface area contributed by atoms with Crippen LogP contribution in [-0.2, 0) is 15.4 Å². The first-order chi connectivity index (χ1) is 19.0. The van der Waals surface area contributed by atoms with Gasteiger partial charge in [-0.05, 0) is 50.2 Å². The van der Waals surface area contributed by atoms with Crippen molar-refractivity contribution in [1.29, 1.82) is 0 Å². The number of nitrogens with one attached hydrogen (secondary N) is 1. The van der Waals surface area contributed by atoms with Gasteiger partial charge in [-0.2, -0.15) is 14.7 Å². The number of hydrogen-bond donors (Lipinski definition) is 3. The van der Waals surface area contributed by atoms with Crippen molar-refractivity contribution in [2.75, 3.05) is 12.0 Å². The van der Waals surface area contributed by atoms with E-state index in [9.17, 15) is 13.2 Å². The zero-order chi connectivity index (χ0) is 28.0. The van der Waals surface area contributed by atoms with Crippen LogP contribution < -0.4 is 11.5 Å². The van der Waals surface area contributed by atoms with Crippen LogP contribution in [0.15, 0.2) is 35.6 Å². The molecule has 2 atom stereocenters.